The Balaban J connectivity index is 2.32. The first-order valence-corrected chi connectivity index (χ1v) is 6.77. The van der Waals surface area contributed by atoms with Crippen molar-refractivity contribution in [2.45, 2.75) is 51.7 Å². The molecule has 2 unspecified atom stereocenters. The van der Waals surface area contributed by atoms with Gasteiger partial charge in [-0.15, -0.1) is 0 Å². The van der Waals surface area contributed by atoms with E-state index in [-0.39, 0.29) is 18.0 Å². The molecule has 0 saturated carbocycles. The molecule has 0 aliphatic rings. The molecule has 1 aromatic rings. The van der Waals surface area contributed by atoms with Crippen LogP contribution in [0.25, 0.3) is 0 Å². The Morgan fingerprint density at radius 3 is 2.44 bits per heavy atom. The number of nitrogens with two attached hydrogens (primary N) is 1. The maximum atomic E-state index is 12.8. The summed E-state index contributed by atoms with van der Waals surface area (Å²) in [5.74, 6) is -0.237. The molecule has 0 saturated heterocycles. The molecule has 0 fully saturated rings. The third-order valence-electron chi connectivity index (χ3n) is 3.14. The average molecular weight is 253 g/mol. The van der Waals surface area contributed by atoms with E-state index in [1.165, 1.54) is 31.4 Å². The summed E-state index contributed by atoms with van der Waals surface area (Å²) in [7, 11) is 0. The highest BCUT2D eigenvalue weighted by molar-refractivity contribution is 5.20. The summed E-state index contributed by atoms with van der Waals surface area (Å²) < 4.78 is 18.5. The Bertz CT molecular complexity index is 326. The monoisotopic (exact) mass is 253 g/mol. The molecule has 0 aliphatic heterocycles. The predicted molar refractivity (Wildman–Crippen MR) is 72.9 cm³/mol. The van der Waals surface area contributed by atoms with Crippen molar-refractivity contribution in [3.8, 4) is 0 Å². The van der Waals surface area contributed by atoms with Crippen molar-refractivity contribution >= 4 is 0 Å². The van der Waals surface area contributed by atoms with Gasteiger partial charge in [0.1, 0.15) is 5.82 Å². The minimum atomic E-state index is -0.237. The van der Waals surface area contributed by atoms with Crippen LogP contribution >= 0.6 is 0 Å². The zero-order valence-electron chi connectivity index (χ0n) is 11.4. The van der Waals surface area contributed by atoms with Crippen LogP contribution < -0.4 is 5.73 Å². The number of hydrogen-bond acceptors (Lipinski definition) is 2. The van der Waals surface area contributed by atoms with Gasteiger partial charge in [-0.3, -0.25) is 0 Å². The zero-order valence-corrected chi connectivity index (χ0v) is 11.4. The summed E-state index contributed by atoms with van der Waals surface area (Å²) in [6.45, 7) is 4.90. The van der Waals surface area contributed by atoms with Gasteiger partial charge < -0.3 is 10.5 Å². The molecule has 0 heterocycles. The van der Waals surface area contributed by atoms with E-state index in [0.717, 1.165) is 18.6 Å². The Morgan fingerprint density at radius 1 is 1.17 bits per heavy atom. The smallest absolute Gasteiger partial charge is 0.123 e. The number of benzene rings is 1. The molecule has 0 radical (unpaired) electrons. The fourth-order valence-corrected chi connectivity index (χ4v) is 1.86. The van der Waals surface area contributed by atoms with Gasteiger partial charge in [0, 0.05) is 6.61 Å². The van der Waals surface area contributed by atoms with Gasteiger partial charge in [-0.25, -0.2) is 4.39 Å². The number of rotatable bonds is 8. The highest BCUT2D eigenvalue weighted by Crippen LogP contribution is 2.17. The Morgan fingerprint density at radius 2 is 1.83 bits per heavy atom. The maximum absolute atomic E-state index is 12.8. The molecule has 102 valence electrons. The molecule has 0 spiro atoms. The molecule has 1 aromatic carbocycles. The fourth-order valence-electron chi connectivity index (χ4n) is 1.86. The zero-order chi connectivity index (χ0) is 13.4. The topological polar surface area (TPSA) is 35.2 Å². The third kappa shape index (κ3) is 5.15. The van der Waals surface area contributed by atoms with E-state index in [4.69, 9.17) is 10.5 Å². The number of unbranched alkanes of at least 4 members (excludes halogenated alkanes) is 3. The molecule has 2 nitrogen and oxygen atoms in total. The van der Waals surface area contributed by atoms with Crippen LogP contribution in [-0.4, -0.2) is 12.7 Å². The molecule has 2 atom stereocenters. The van der Waals surface area contributed by atoms with Crippen molar-refractivity contribution in [3.63, 3.8) is 0 Å². The third-order valence-corrected chi connectivity index (χ3v) is 3.14. The Labute approximate surface area is 109 Å². The van der Waals surface area contributed by atoms with Gasteiger partial charge in [-0.1, -0.05) is 38.3 Å². The number of halogens is 1. The molecular formula is C15H24FNO. The largest absolute Gasteiger partial charge is 0.377 e. The number of hydrogen-bond donors (Lipinski definition) is 1. The summed E-state index contributed by atoms with van der Waals surface area (Å²) in [4.78, 5) is 0. The molecule has 0 aromatic heterocycles. The minimum absolute atomic E-state index is 0.0444. The van der Waals surface area contributed by atoms with E-state index in [2.05, 4.69) is 6.92 Å². The van der Waals surface area contributed by atoms with Gasteiger partial charge in [-0.2, -0.15) is 0 Å². The SMILES string of the molecule is CCCCCCOC(C)C(N)c1ccc(F)cc1. The van der Waals surface area contributed by atoms with Gasteiger partial charge in [0.2, 0.25) is 0 Å². The fraction of sp³-hybridized carbons (Fsp3) is 0.600. The van der Waals surface area contributed by atoms with Crippen LogP contribution in [0.2, 0.25) is 0 Å². The van der Waals surface area contributed by atoms with Crippen LogP contribution in [0, 0.1) is 5.82 Å². The van der Waals surface area contributed by atoms with Crippen molar-refractivity contribution in [1.29, 1.82) is 0 Å². The minimum Gasteiger partial charge on any atom is -0.377 e. The van der Waals surface area contributed by atoms with E-state index < -0.39 is 0 Å². The maximum Gasteiger partial charge on any atom is 0.123 e. The molecule has 2 N–H and O–H groups in total. The quantitative estimate of drug-likeness (QED) is 0.715. The second-order valence-corrected chi connectivity index (χ2v) is 4.71. The van der Waals surface area contributed by atoms with Crippen LogP contribution in [0.5, 0.6) is 0 Å². The highest BCUT2D eigenvalue weighted by Gasteiger charge is 2.15. The summed E-state index contributed by atoms with van der Waals surface area (Å²) in [6.07, 6.45) is 4.72. The van der Waals surface area contributed by atoms with E-state index in [0.29, 0.717) is 0 Å². The van der Waals surface area contributed by atoms with Crippen molar-refractivity contribution in [3.05, 3.63) is 35.6 Å². The van der Waals surface area contributed by atoms with Crippen molar-refractivity contribution in [1.82, 2.24) is 0 Å². The van der Waals surface area contributed by atoms with E-state index in [9.17, 15) is 4.39 Å². The first kappa shape index (κ1) is 15.1. The summed E-state index contributed by atoms with van der Waals surface area (Å²) in [6, 6.07) is 6.11. The van der Waals surface area contributed by atoms with Crippen molar-refractivity contribution in [2.24, 2.45) is 5.73 Å². The van der Waals surface area contributed by atoms with Crippen LogP contribution in [0.3, 0.4) is 0 Å². The van der Waals surface area contributed by atoms with Crippen LogP contribution in [0.4, 0.5) is 4.39 Å². The molecule has 3 heteroatoms. The second-order valence-electron chi connectivity index (χ2n) is 4.71. The van der Waals surface area contributed by atoms with Crippen molar-refractivity contribution in [2.75, 3.05) is 6.61 Å². The molecular weight excluding hydrogens is 229 g/mol. The summed E-state index contributed by atoms with van der Waals surface area (Å²) in [5.41, 5.74) is 7.00. The first-order chi connectivity index (χ1) is 8.65. The lowest BCUT2D eigenvalue weighted by Gasteiger charge is -2.21. The molecule has 0 aliphatic carbocycles. The van der Waals surface area contributed by atoms with Gasteiger partial charge in [0.25, 0.3) is 0 Å². The normalized spacial score (nSPS) is 14.4. The van der Waals surface area contributed by atoms with E-state index in [1.807, 2.05) is 6.92 Å². The van der Waals surface area contributed by atoms with Gasteiger partial charge in [0.15, 0.2) is 0 Å². The van der Waals surface area contributed by atoms with Crippen molar-refractivity contribution < 1.29 is 9.13 Å². The van der Waals surface area contributed by atoms with Gasteiger partial charge in [0.05, 0.1) is 12.1 Å². The van der Waals surface area contributed by atoms with E-state index in [1.54, 1.807) is 12.1 Å². The lowest BCUT2D eigenvalue weighted by molar-refractivity contribution is 0.0455. The van der Waals surface area contributed by atoms with Crippen LogP contribution in [-0.2, 0) is 4.74 Å². The highest BCUT2D eigenvalue weighted by atomic mass is 19.1. The Hall–Kier alpha value is -0.930. The molecule has 18 heavy (non-hydrogen) atoms. The molecule has 0 amide bonds. The first-order valence-electron chi connectivity index (χ1n) is 6.77. The number of ether oxygens (including phenoxy) is 1. The van der Waals surface area contributed by atoms with Gasteiger partial charge in [-0.05, 0) is 31.0 Å². The predicted octanol–water partition coefficient (Wildman–Crippen LogP) is 3.81. The summed E-state index contributed by atoms with van der Waals surface area (Å²) in [5, 5.41) is 0. The van der Waals surface area contributed by atoms with E-state index >= 15 is 0 Å². The van der Waals surface area contributed by atoms with Gasteiger partial charge >= 0.3 is 0 Å². The van der Waals surface area contributed by atoms with Crippen LogP contribution in [0.1, 0.15) is 51.1 Å². The standard InChI is InChI=1S/C15H24FNO/c1-3-4-5-6-11-18-12(2)15(17)13-7-9-14(16)10-8-13/h7-10,12,15H,3-6,11,17H2,1-2H3. The lowest BCUT2D eigenvalue weighted by Crippen LogP contribution is -2.26. The summed E-state index contributed by atoms with van der Waals surface area (Å²) >= 11 is 0. The second kappa shape index (κ2) is 8.22. The lowest BCUT2D eigenvalue weighted by atomic mass is 10.0. The Kier molecular flexibility index (Phi) is 6.91. The average Bonchev–Trinajstić information content (AvgIpc) is 2.38. The molecule has 1 rings (SSSR count). The molecule has 0 bridgehead atoms. The van der Waals surface area contributed by atoms with Crippen LogP contribution in [0.15, 0.2) is 24.3 Å².